The van der Waals surface area contributed by atoms with Gasteiger partial charge in [0.2, 0.25) is 0 Å². The summed E-state index contributed by atoms with van der Waals surface area (Å²) in [5.41, 5.74) is -0.189. The quantitative estimate of drug-likeness (QED) is 0.797. The van der Waals surface area contributed by atoms with Gasteiger partial charge in [0, 0.05) is 25.5 Å². The van der Waals surface area contributed by atoms with Gasteiger partial charge in [-0.3, -0.25) is 9.59 Å². The van der Waals surface area contributed by atoms with Crippen LogP contribution in [0.15, 0.2) is 17.2 Å². The van der Waals surface area contributed by atoms with Crippen LogP contribution in [0.4, 0.5) is 5.82 Å². The lowest BCUT2D eigenvalue weighted by atomic mass is 10.1. The van der Waals surface area contributed by atoms with Crippen LogP contribution in [-0.4, -0.2) is 26.7 Å². The molecule has 0 bridgehead atoms. The second kappa shape index (κ2) is 4.57. The number of carbonyl (C=O) groups is 1. The Kier molecular flexibility index (Phi) is 3.12. The molecule has 2 atom stereocenters. The van der Waals surface area contributed by atoms with E-state index in [2.05, 4.69) is 10.3 Å². The van der Waals surface area contributed by atoms with Gasteiger partial charge in [-0.2, -0.15) is 0 Å². The molecular formula is C11H15N3O3. The zero-order chi connectivity index (χ0) is 12.4. The molecule has 2 N–H and O–H groups in total. The van der Waals surface area contributed by atoms with Gasteiger partial charge in [-0.15, -0.1) is 0 Å². The minimum Gasteiger partial charge on any atom is -0.481 e. The molecule has 92 valence electrons. The molecule has 2 rings (SSSR count). The fourth-order valence-electron chi connectivity index (χ4n) is 2.13. The Labute approximate surface area is 98.3 Å². The molecule has 1 heterocycles. The maximum Gasteiger partial charge on any atom is 0.306 e. The Morgan fingerprint density at radius 2 is 2.35 bits per heavy atom. The van der Waals surface area contributed by atoms with Crippen LogP contribution in [-0.2, 0) is 11.8 Å². The largest absolute Gasteiger partial charge is 0.481 e. The number of anilines is 1. The molecule has 0 amide bonds. The molecule has 0 saturated heterocycles. The first-order valence-corrected chi connectivity index (χ1v) is 5.59. The lowest BCUT2D eigenvalue weighted by molar-refractivity contribution is -0.141. The third kappa shape index (κ3) is 2.46. The van der Waals surface area contributed by atoms with Gasteiger partial charge in [0.25, 0.3) is 5.56 Å². The monoisotopic (exact) mass is 237 g/mol. The van der Waals surface area contributed by atoms with Crippen molar-refractivity contribution < 1.29 is 9.90 Å². The number of aryl methyl sites for hydroxylation is 1. The number of rotatable bonds is 3. The normalized spacial score (nSPS) is 23.6. The van der Waals surface area contributed by atoms with E-state index in [0.717, 1.165) is 6.42 Å². The summed E-state index contributed by atoms with van der Waals surface area (Å²) >= 11 is 0. The minimum absolute atomic E-state index is 0.0266. The molecule has 0 spiro atoms. The van der Waals surface area contributed by atoms with Crippen molar-refractivity contribution in [2.45, 2.75) is 25.3 Å². The van der Waals surface area contributed by atoms with E-state index in [1.807, 2.05) is 0 Å². The van der Waals surface area contributed by atoms with Crippen molar-refractivity contribution in [1.29, 1.82) is 0 Å². The number of hydrogen-bond acceptors (Lipinski definition) is 4. The van der Waals surface area contributed by atoms with Crippen LogP contribution in [0.2, 0.25) is 0 Å². The highest BCUT2D eigenvalue weighted by atomic mass is 16.4. The molecule has 0 aromatic carbocycles. The van der Waals surface area contributed by atoms with Gasteiger partial charge in [-0.25, -0.2) is 4.98 Å². The van der Waals surface area contributed by atoms with Gasteiger partial charge in [-0.1, -0.05) is 0 Å². The summed E-state index contributed by atoms with van der Waals surface area (Å²) in [7, 11) is 1.66. The van der Waals surface area contributed by atoms with Crippen molar-refractivity contribution in [3.8, 4) is 0 Å². The van der Waals surface area contributed by atoms with Gasteiger partial charge < -0.3 is 15.0 Å². The molecule has 1 saturated carbocycles. The summed E-state index contributed by atoms with van der Waals surface area (Å²) in [5, 5.41) is 11.9. The molecule has 1 aromatic rings. The van der Waals surface area contributed by atoms with Crippen molar-refractivity contribution in [2.75, 3.05) is 5.32 Å². The molecule has 0 radical (unpaired) electrons. The van der Waals surface area contributed by atoms with Crippen molar-refractivity contribution >= 4 is 11.8 Å². The average Bonchev–Trinajstić information content (AvgIpc) is 2.73. The van der Waals surface area contributed by atoms with Crippen molar-refractivity contribution in [2.24, 2.45) is 13.0 Å². The molecule has 6 heteroatoms. The predicted octanol–water partition coefficient (Wildman–Crippen LogP) is 0.445. The summed E-state index contributed by atoms with van der Waals surface area (Å²) in [4.78, 5) is 26.5. The molecule has 2 unspecified atom stereocenters. The summed E-state index contributed by atoms with van der Waals surface area (Å²) in [6.45, 7) is 0. The van der Waals surface area contributed by atoms with Crippen LogP contribution in [0.3, 0.4) is 0 Å². The number of aliphatic carboxylic acids is 1. The summed E-state index contributed by atoms with van der Waals surface area (Å²) < 4.78 is 1.44. The van der Waals surface area contributed by atoms with Gasteiger partial charge in [0.15, 0.2) is 5.82 Å². The van der Waals surface area contributed by atoms with E-state index in [1.165, 1.54) is 4.57 Å². The van der Waals surface area contributed by atoms with Gasteiger partial charge >= 0.3 is 5.97 Å². The summed E-state index contributed by atoms with van der Waals surface area (Å²) in [6, 6.07) is 0.0266. The Balaban J connectivity index is 2.05. The molecule has 6 nitrogen and oxygen atoms in total. The van der Waals surface area contributed by atoms with Crippen LogP contribution in [0.1, 0.15) is 19.3 Å². The lowest BCUT2D eigenvalue weighted by Crippen LogP contribution is -2.27. The third-order valence-electron chi connectivity index (χ3n) is 3.14. The first-order chi connectivity index (χ1) is 8.08. The molecule has 1 fully saturated rings. The van der Waals surface area contributed by atoms with Gasteiger partial charge in [0.05, 0.1) is 5.92 Å². The van der Waals surface area contributed by atoms with Crippen LogP contribution in [0.5, 0.6) is 0 Å². The standard InChI is InChI=1S/C11H15N3O3/c1-14-5-4-12-9(10(14)15)13-8-3-2-7(6-8)11(16)17/h4-5,7-8H,2-3,6H2,1H3,(H,12,13)(H,16,17). The lowest BCUT2D eigenvalue weighted by Gasteiger charge is -2.12. The maximum absolute atomic E-state index is 11.7. The SMILES string of the molecule is Cn1ccnc(NC2CCC(C(=O)O)C2)c1=O. The minimum atomic E-state index is -0.761. The van der Waals surface area contributed by atoms with E-state index in [4.69, 9.17) is 5.11 Å². The Morgan fingerprint density at radius 1 is 1.59 bits per heavy atom. The first-order valence-electron chi connectivity index (χ1n) is 5.59. The molecule has 0 aliphatic heterocycles. The summed E-state index contributed by atoms with van der Waals surface area (Å²) in [5.74, 6) is -0.769. The van der Waals surface area contributed by atoms with Crippen molar-refractivity contribution in [3.63, 3.8) is 0 Å². The molecule has 1 aromatic heterocycles. The molecule has 1 aliphatic rings. The Bertz CT molecular complexity index is 483. The third-order valence-corrected chi connectivity index (χ3v) is 3.14. The molecular weight excluding hydrogens is 222 g/mol. The van der Waals surface area contributed by atoms with Gasteiger partial charge in [-0.05, 0) is 19.3 Å². The highest BCUT2D eigenvalue weighted by Gasteiger charge is 2.30. The van der Waals surface area contributed by atoms with Crippen molar-refractivity contribution in [1.82, 2.24) is 9.55 Å². The second-order valence-corrected chi connectivity index (χ2v) is 4.38. The zero-order valence-electron chi connectivity index (χ0n) is 9.59. The van der Waals surface area contributed by atoms with Gasteiger partial charge in [0.1, 0.15) is 0 Å². The smallest absolute Gasteiger partial charge is 0.306 e. The fourth-order valence-corrected chi connectivity index (χ4v) is 2.13. The van der Waals surface area contributed by atoms with E-state index in [9.17, 15) is 9.59 Å². The van der Waals surface area contributed by atoms with Crippen LogP contribution >= 0.6 is 0 Å². The second-order valence-electron chi connectivity index (χ2n) is 4.38. The number of aromatic nitrogens is 2. The Morgan fingerprint density at radius 3 is 3.00 bits per heavy atom. The van der Waals surface area contributed by atoms with E-state index >= 15 is 0 Å². The number of hydrogen-bond donors (Lipinski definition) is 2. The zero-order valence-corrected chi connectivity index (χ0v) is 9.59. The highest BCUT2D eigenvalue weighted by Crippen LogP contribution is 2.27. The number of carboxylic acids is 1. The number of nitrogens with zero attached hydrogens (tertiary/aromatic N) is 2. The highest BCUT2D eigenvalue weighted by molar-refractivity contribution is 5.70. The predicted molar refractivity (Wildman–Crippen MR) is 61.9 cm³/mol. The number of nitrogens with one attached hydrogen (secondary N) is 1. The maximum atomic E-state index is 11.7. The Hall–Kier alpha value is -1.85. The first kappa shape index (κ1) is 11.6. The average molecular weight is 237 g/mol. The van der Waals surface area contributed by atoms with Crippen molar-refractivity contribution in [3.05, 3.63) is 22.7 Å². The van der Waals surface area contributed by atoms with Crippen LogP contribution < -0.4 is 10.9 Å². The van der Waals surface area contributed by atoms with E-state index in [0.29, 0.717) is 18.7 Å². The molecule has 1 aliphatic carbocycles. The summed E-state index contributed by atoms with van der Waals surface area (Å²) in [6.07, 6.45) is 5.10. The molecule has 17 heavy (non-hydrogen) atoms. The topological polar surface area (TPSA) is 84.2 Å². The van der Waals surface area contributed by atoms with E-state index < -0.39 is 5.97 Å². The van der Waals surface area contributed by atoms with E-state index in [-0.39, 0.29) is 17.5 Å². The van der Waals surface area contributed by atoms with Crippen LogP contribution in [0, 0.1) is 5.92 Å². The number of carboxylic acid groups (broad SMARTS) is 1. The fraction of sp³-hybridized carbons (Fsp3) is 0.545. The van der Waals surface area contributed by atoms with E-state index in [1.54, 1.807) is 19.4 Å². The van der Waals surface area contributed by atoms with Crippen LogP contribution in [0.25, 0.3) is 0 Å².